The predicted molar refractivity (Wildman–Crippen MR) is 199 cm³/mol. The summed E-state index contributed by atoms with van der Waals surface area (Å²) in [6.45, 7) is 0. The Kier molecular flexibility index (Phi) is 6.01. The Hall–Kier alpha value is -6.17. The maximum atomic E-state index is 6.29. The van der Waals surface area contributed by atoms with Crippen molar-refractivity contribution in [2.75, 3.05) is 0 Å². The maximum absolute atomic E-state index is 6.29. The third-order valence-corrected chi connectivity index (χ3v) is 10.2. The molecule has 10 rings (SSSR count). The molecule has 4 nitrogen and oxygen atoms in total. The Bertz CT molecular complexity index is 2810. The molecule has 224 valence electrons. The normalized spacial score (nSPS) is 11.8. The minimum Gasteiger partial charge on any atom is -0.456 e. The quantitative estimate of drug-likeness (QED) is 0.194. The fourth-order valence-electron chi connectivity index (χ4n) is 6.71. The van der Waals surface area contributed by atoms with Crippen molar-refractivity contribution < 1.29 is 4.42 Å². The van der Waals surface area contributed by atoms with Crippen molar-refractivity contribution >= 4 is 64.9 Å². The Labute approximate surface area is 279 Å². The van der Waals surface area contributed by atoms with E-state index in [0.29, 0.717) is 17.5 Å². The summed E-state index contributed by atoms with van der Waals surface area (Å²) in [7, 11) is 0. The van der Waals surface area contributed by atoms with Gasteiger partial charge in [-0.1, -0.05) is 109 Å². The average Bonchev–Trinajstić information content (AvgIpc) is 3.75. The lowest BCUT2D eigenvalue weighted by molar-refractivity contribution is 0.669. The van der Waals surface area contributed by atoms with Gasteiger partial charge in [0, 0.05) is 26.6 Å². The molecule has 0 saturated heterocycles. The van der Waals surface area contributed by atoms with Crippen molar-refractivity contribution in [3.8, 4) is 44.6 Å². The van der Waals surface area contributed by atoms with Crippen LogP contribution in [0.2, 0.25) is 0 Å². The van der Waals surface area contributed by atoms with E-state index in [1.807, 2.05) is 12.1 Å². The van der Waals surface area contributed by atoms with Gasteiger partial charge in [-0.15, -0.1) is 11.3 Å². The molecule has 0 bridgehead atoms. The topological polar surface area (TPSA) is 51.8 Å². The Morgan fingerprint density at radius 1 is 0.396 bits per heavy atom. The first-order valence-electron chi connectivity index (χ1n) is 15.9. The molecule has 5 heteroatoms. The minimum absolute atomic E-state index is 0.627. The summed E-state index contributed by atoms with van der Waals surface area (Å²) in [5, 5.41) is 8.10. The molecule has 3 heterocycles. The van der Waals surface area contributed by atoms with Crippen molar-refractivity contribution in [2.24, 2.45) is 0 Å². The lowest BCUT2D eigenvalue weighted by atomic mass is 9.97. The highest BCUT2D eigenvalue weighted by molar-refractivity contribution is 7.22. The number of nitrogens with zero attached hydrogens (tertiary/aromatic N) is 3. The van der Waals surface area contributed by atoms with E-state index < -0.39 is 0 Å². The SMILES string of the molecule is c1ccc2cc3c(cc2c1)oc1ccc(-c2nc(-c4ccc(-c5cccc6ccccc56)cc4)nc(-c4cc5ccccc5s4)n2)cc13. The standard InChI is InChI=1S/C43H25N3OS/c1-2-10-30-24-38-36(22-29(30)9-1)35-23-32(20-21-37(35)47-38)42-44-41(45-43(46-42)40-25-31-11-4-6-15-39(31)48-40)28-18-16-27(17-19-28)34-14-7-12-26-8-3-5-13-33(26)34/h1-25H. The van der Waals surface area contributed by atoms with Crippen molar-refractivity contribution in [1.29, 1.82) is 0 Å². The van der Waals surface area contributed by atoms with Crippen LogP contribution in [-0.2, 0) is 0 Å². The number of aromatic nitrogens is 3. The van der Waals surface area contributed by atoms with E-state index in [1.165, 1.54) is 31.8 Å². The Morgan fingerprint density at radius 3 is 1.85 bits per heavy atom. The van der Waals surface area contributed by atoms with Crippen LogP contribution in [0, 0.1) is 0 Å². The summed E-state index contributed by atoms with van der Waals surface area (Å²) < 4.78 is 7.50. The van der Waals surface area contributed by atoms with Gasteiger partial charge in [0.15, 0.2) is 17.5 Å². The molecule has 0 aliphatic carbocycles. The third-order valence-electron chi connectivity index (χ3n) is 9.12. The predicted octanol–water partition coefficient (Wildman–Crippen LogP) is 12.0. The number of fused-ring (bicyclic) bond motifs is 6. The summed E-state index contributed by atoms with van der Waals surface area (Å²) >= 11 is 1.70. The second kappa shape index (κ2) is 10.7. The molecule has 48 heavy (non-hydrogen) atoms. The van der Waals surface area contributed by atoms with Gasteiger partial charge < -0.3 is 4.42 Å². The van der Waals surface area contributed by atoms with Gasteiger partial charge in [0.05, 0.1) is 4.88 Å². The molecular weight excluding hydrogens is 607 g/mol. The van der Waals surface area contributed by atoms with Gasteiger partial charge in [-0.25, -0.2) is 15.0 Å². The summed E-state index contributed by atoms with van der Waals surface area (Å²) in [5.74, 6) is 1.93. The monoisotopic (exact) mass is 631 g/mol. The van der Waals surface area contributed by atoms with Gasteiger partial charge in [-0.2, -0.15) is 0 Å². The Balaban J connectivity index is 1.13. The number of rotatable bonds is 4. The molecule has 7 aromatic carbocycles. The molecule has 0 aliphatic heterocycles. The molecule has 0 N–H and O–H groups in total. The highest BCUT2D eigenvalue weighted by Gasteiger charge is 2.17. The van der Waals surface area contributed by atoms with E-state index in [-0.39, 0.29) is 0 Å². The van der Waals surface area contributed by atoms with Crippen LogP contribution in [0.15, 0.2) is 156 Å². The molecule has 0 aliphatic rings. The van der Waals surface area contributed by atoms with Crippen LogP contribution in [0.25, 0.3) is 98.2 Å². The van der Waals surface area contributed by atoms with E-state index in [4.69, 9.17) is 19.4 Å². The van der Waals surface area contributed by atoms with Gasteiger partial charge in [-0.05, 0) is 80.5 Å². The second-order valence-electron chi connectivity index (χ2n) is 12.1. The first-order chi connectivity index (χ1) is 23.7. The largest absolute Gasteiger partial charge is 0.456 e. The van der Waals surface area contributed by atoms with Crippen molar-refractivity contribution in [1.82, 2.24) is 15.0 Å². The van der Waals surface area contributed by atoms with E-state index in [1.54, 1.807) is 11.3 Å². The van der Waals surface area contributed by atoms with Crippen LogP contribution >= 0.6 is 11.3 Å². The van der Waals surface area contributed by atoms with Crippen LogP contribution in [0.5, 0.6) is 0 Å². The summed E-state index contributed by atoms with van der Waals surface area (Å²) in [6, 6.07) is 53.0. The van der Waals surface area contributed by atoms with Gasteiger partial charge in [0.1, 0.15) is 11.2 Å². The first kappa shape index (κ1) is 27.0. The highest BCUT2D eigenvalue weighted by atomic mass is 32.1. The van der Waals surface area contributed by atoms with Gasteiger partial charge in [0.2, 0.25) is 0 Å². The fraction of sp³-hybridized carbons (Fsp3) is 0. The zero-order valence-electron chi connectivity index (χ0n) is 25.6. The van der Waals surface area contributed by atoms with Crippen LogP contribution in [0.1, 0.15) is 0 Å². The molecule has 3 aromatic heterocycles. The van der Waals surface area contributed by atoms with E-state index in [9.17, 15) is 0 Å². The summed E-state index contributed by atoms with van der Waals surface area (Å²) in [5.41, 5.74) is 5.92. The van der Waals surface area contributed by atoms with E-state index in [2.05, 4.69) is 140 Å². The minimum atomic E-state index is 0.627. The van der Waals surface area contributed by atoms with E-state index >= 15 is 0 Å². The van der Waals surface area contributed by atoms with Crippen molar-refractivity contribution in [3.05, 3.63) is 152 Å². The van der Waals surface area contributed by atoms with Crippen LogP contribution < -0.4 is 0 Å². The molecule has 0 unspecified atom stereocenters. The molecule has 0 saturated carbocycles. The zero-order chi connectivity index (χ0) is 31.6. The zero-order valence-corrected chi connectivity index (χ0v) is 26.4. The number of hydrogen-bond donors (Lipinski definition) is 0. The second-order valence-corrected chi connectivity index (χ2v) is 13.2. The van der Waals surface area contributed by atoms with Crippen LogP contribution in [0.4, 0.5) is 0 Å². The lowest BCUT2D eigenvalue weighted by Gasteiger charge is -2.10. The average molecular weight is 632 g/mol. The molecule has 0 spiro atoms. The molecule has 0 atom stereocenters. The first-order valence-corrected chi connectivity index (χ1v) is 16.7. The van der Waals surface area contributed by atoms with Gasteiger partial charge >= 0.3 is 0 Å². The smallest absolute Gasteiger partial charge is 0.174 e. The molecule has 0 fully saturated rings. The number of hydrogen-bond acceptors (Lipinski definition) is 5. The molecular formula is C43H25N3OS. The molecule has 0 amide bonds. The summed E-state index contributed by atoms with van der Waals surface area (Å²) in [6.07, 6.45) is 0. The maximum Gasteiger partial charge on any atom is 0.174 e. The Morgan fingerprint density at radius 2 is 1.02 bits per heavy atom. The van der Waals surface area contributed by atoms with Crippen molar-refractivity contribution in [3.63, 3.8) is 0 Å². The fourth-order valence-corrected chi connectivity index (χ4v) is 7.71. The third kappa shape index (κ3) is 4.48. The summed E-state index contributed by atoms with van der Waals surface area (Å²) in [4.78, 5) is 16.2. The molecule has 10 aromatic rings. The molecule has 0 radical (unpaired) electrons. The van der Waals surface area contributed by atoms with Crippen LogP contribution in [-0.4, -0.2) is 15.0 Å². The number of benzene rings is 7. The van der Waals surface area contributed by atoms with Crippen molar-refractivity contribution in [2.45, 2.75) is 0 Å². The number of thiophene rings is 1. The van der Waals surface area contributed by atoms with E-state index in [0.717, 1.165) is 48.9 Å². The van der Waals surface area contributed by atoms with Gasteiger partial charge in [-0.3, -0.25) is 0 Å². The van der Waals surface area contributed by atoms with Crippen LogP contribution in [0.3, 0.4) is 0 Å². The van der Waals surface area contributed by atoms with Gasteiger partial charge in [0.25, 0.3) is 0 Å². The highest BCUT2D eigenvalue weighted by Crippen LogP contribution is 2.37. The lowest BCUT2D eigenvalue weighted by Crippen LogP contribution is -1.99. The number of furan rings is 1.